The molecule has 5 nitrogen and oxygen atoms in total. The number of nitrogens with one attached hydrogen (secondary N) is 1. The van der Waals surface area contributed by atoms with Crippen molar-refractivity contribution in [3.05, 3.63) is 71.8 Å². The minimum absolute atomic E-state index is 0.107. The summed E-state index contributed by atoms with van der Waals surface area (Å²) in [5.41, 5.74) is 2.37. The fourth-order valence-electron chi connectivity index (χ4n) is 2.96. The molecule has 3 aromatic rings. The number of hydrogen-bond donors (Lipinski definition) is 1. The van der Waals surface area contributed by atoms with E-state index in [1.165, 1.54) is 7.11 Å². The molecule has 0 aliphatic heterocycles. The molecule has 0 spiro atoms. The third-order valence-corrected chi connectivity index (χ3v) is 4.45. The number of anilines is 1. The Morgan fingerprint density at radius 2 is 1.75 bits per heavy atom. The minimum atomic E-state index is -0.918. The Morgan fingerprint density at radius 3 is 2.50 bits per heavy atom. The summed E-state index contributed by atoms with van der Waals surface area (Å²) in [6, 6.07) is 19.2. The standard InChI is InChI=1S/C23H23NO4/c1-15-8-11-21(27-3)20(12-15)24-23(26)16(2)28-22(25)14-17-9-10-18-6-4-5-7-19(18)13-17/h4-13,16H,14H2,1-3H3,(H,24,26). The van der Waals surface area contributed by atoms with Gasteiger partial charge in [0.15, 0.2) is 6.10 Å². The predicted octanol–water partition coefficient (Wildman–Crippen LogP) is 4.27. The van der Waals surface area contributed by atoms with Gasteiger partial charge in [0.2, 0.25) is 0 Å². The molecule has 0 aliphatic carbocycles. The summed E-state index contributed by atoms with van der Waals surface area (Å²) in [7, 11) is 1.54. The Balaban J connectivity index is 1.61. The molecule has 1 unspecified atom stereocenters. The molecular formula is C23H23NO4. The first-order valence-corrected chi connectivity index (χ1v) is 9.09. The highest BCUT2D eigenvalue weighted by Crippen LogP contribution is 2.25. The van der Waals surface area contributed by atoms with Crippen LogP contribution in [0.15, 0.2) is 60.7 Å². The molecule has 0 radical (unpaired) electrons. The van der Waals surface area contributed by atoms with Crippen LogP contribution < -0.4 is 10.1 Å². The summed E-state index contributed by atoms with van der Waals surface area (Å²) in [6.45, 7) is 3.47. The average molecular weight is 377 g/mol. The number of aryl methyl sites for hydroxylation is 1. The van der Waals surface area contributed by atoms with Crippen molar-refractivity contribution in [3.63, 3.8) is 0 Å². The Kier molecular flexibility index (Phi) is 5.94. The first-order chi connectivity index (χ1) is 13.5. The summed E-state index contributed by atoms with van der Waals surface area (Å²) in [4.78, 5) is 24.7. The molecule has 1 atom stereocenters. The van der Waals surface area contributed by atoms with Crippen molar-refractivity contribution in [2.45, 2.75) is 26.4 Å². The molecule has 0 heterocycles. The highest BCUT2D eigenvalue weighted by molar-refractivity contribution is 5.96. The second kappa shape index (κ2) is 8.57. The maximum atomic E-state index is 12.4. The molecule has 28 heavy (non-hydrogen) atoms. The summed E-state index contributed by atoms with van der Waals surface area (Å²) in [5.74, 6) is -0.307. The normalized spacial score (nSPS) is 11.7. The number of rotatable bonds is 6. The van der Waals surface area contributed by atoms with Crippen molar-refractivity contribution in [3.8, 4) is 5.75 Å². The third kappa shape index (κ3) is 4.68. The Hall–Kier alpha value is -3.34. The molecule has 0 bridgehead atoms. The van der Waals surface area contributed by atoms with E-state index >= 15 is 0 Å². The molecule has 1 amide bonds. The van der Waals surface area contributed by atoms with Crippen LogP contribution in [0.2, 0.25) is 0 Å². The molecule has 0 saturated heterocycles. The molecule has 0 fully saturated rings. The van der Waals surface area contributed by atoms with Crippen molar-refractivity contribution in [2.24, 2.45) is 0 Å². The van der Waals surface area contributed by atoms with Gasteiger partial charge in [0.05, 0.1) is 19.2 Å². The van der Waals surface area contributed by atoms with Crippen molar-refractivity contribution >= 4 is 28.3 Å². The number of fused-ring (bicyclic) bond motifs is 1. The average Bonchev–Trinajstić information content (AvgIpc) is 2.68. The number of esters is 1. The first-order valence-electron chi connectivity index (χ1n) is 9.09. The van der Waals surface area contributed by atoms with Crippen LogP contribution in [0.1, 0.15) is 18.1 Å². The van der Waals surface area contributed by atoms with Gasteiger partial charge in [-0.15, -0.1) is 0 Å². The zero-order chi connectivity index (χ0) is 20.1. The van der Waals surface area contributed by atoms with Gasteiger partial charge in [-0.2, -0.15) is 0 Å². The number of carbonyl (C=O) groups is 2. The Labute approximate surface area is 164 Å². The van der Waals surface area contributed by atoms with Gasteiger partial charge in [0.1, 0.15) is 5.75 Å². The minimum Gasteiger partial charge on any atom is -0.495 e. The van der Waals surface area contributed by atoms with E-state index in [-0.39, 0.29) is 6.42 Å². The zero-order valence-corrected chi connectivity index (χ0v) is 16.2. The van der Waals surface area contributed by atoms with Gasteiger partial charge in [-0.3, -0.25) is 9.59 Å². The summed E-state index contributed by atoms with van der Waals surface area (Å²) in [5, 5.41) is 4.93. The fourth-order valence-corrected chi connectivity index (χ4v) is 2.96. The lowest BCUT2D eigenvalue weighted by molar-refractivity contribution is -0.152. The Bertz CT molecular complexity index is 1010. The van der Waals surface area contributed by atoms with E-state index in [1.54, 1.807) is 19.1 Å². The topological polar surface area (TPSA) is 64.6 Å². The van der Waals surface area contributed by atoms with Crippen LogP contribution in [-0.2, 0) is 20.7 Å². The Morgan fingerprint density at radius 1 is 1.00 bits per heavy atom. The van der Waals surface area contributed by atoms with Gasteiger partial charge in [-0.1, -0.05) is 48.5 Å². The lowest BCUT2D eigenvalue weighted by Crippen LogP contribution is -2.30. The number of methoxy groups -OCH3 is 1. The van der Waals surface area contributed by atoms with Crippen LogP contribution in [0, 0.1) is 6.92 Å². The molecule has 0 saturated carbocycles. The number of hydrogen-bond acceptors (Lipinski definition) is 4. The van der Waals surface area contributed by atoms with E-state index in [2.05, 4.69) is 5.32 Å². The second-order valence-electron chi connectivity index (χ2n) is 6.68. The number of ether oxygens (including phenoxy) is 2. The largest absolute Gasteiger partial charge is 0.495 e. The lowest BCUT2D eigenvalue weighted by Gasteiger charge is -2.15. The molecule has 3 rings (SSSR count). The van der Waals surface area contributed by atoms with E-state index in [0.29, 0.717) is 11.4 Å². The molecule has 0 aromatic heterocycles. The third-order valence-electron chi connectivity index (χ3n) is 4.45. The molecule has 1 N–H and O–H groups in total. The van der Waals surface area contributed by atoms with Crippen LogP contribution in [0.3, 0.4) is 0 Å². The monoisotopic (exact) mass is 377 g/mol. The molecule has 3 aromatic carbocycles. The first kappa shape index (κ1) is 19.4. The maximum absolute atomic E-state index is 12.4. The number of benzene rings is 3. The van der Waals surface area contributed by atoms with Crippen LogP contribution >= 0.6 is 0 Å². The van der Waals surface area contributed by atoms with Gasteiger partial charge in [-0.25, -0.2) is 0 Å². The zero-order valence-electron chi connectivity index (χ0n) is 16.2. The highest BCUT2D eigenvalue weighted by Gasteiger charge is 2.19. The van der Waals surface area contributed by atoms with Gasteiger partial charge in [-0.05, 0) is 47.9 Å². The maximum Gasteiger partial charge on any atom is 0.311 e. The lowest BCUT2D eigenvalue weighted by atomic mass is 10.1. The van der Waals surface area contributed by atoms with Gasteiger partial charge in [0, 0.05) is 0 Å². The molecule has 144 valence electrons. The SMILES string of the molecule is COc1ccc(C)cc1NC(=O)C(C)OC(=O)Cc1ccc2ccccc2c1. The van der Waals surface area contributed by atoms with Gasteiger partial charge >= 0.3 is 5.97 Å². The van der Waals surface area contributed by atoms with E-state index in [0.717, 1.165) is 21.9 Å². The van der Waals surface area contributed by atoms with Crippen LogP contribution in [0.4, 0.5) is 5.69 Å². The smallest absolute Gasteiger partial charge is 0.311 e. The second-order valence-corrected chi connectivity index (χ2v) is 6.68. The number of amides is 1. The van der Waals surface area contributed by atoms with Crippen LogP contribution in [0.5, 0.6) is 5.75 Å². The van der Waals surface area contributed by atoms with E-state index in [1.807, 2.05) is 55.5 Å². The van der Waals surface area contributed by atoms with Gasteiger partial charge < -0.3 is 14.8 Å². The van der Waals surface area contributed by atoms with Crippen molar-refractivity contribution in [2.75, 3.05) is 12.4 Å². The van der Waals surface area contributed by atoms with Crippen molar-refractivity contribution in [1.29, 1.82) is 0 Å². The predicted molar refractivity (Wildman–Crippen MR) is 110 cm³/mol. The van der Waals surface area contributed by atoms with Crippen molar-refractivity contribution < 1.29 is 19.1 Å². The summed E-state index contributed by atoms with van der Waals surface area (Å²) >= 11 is 0. The summed E-state index contributed by atoms with van der Waals surface area (Å²) in [6.07, 6.45) is -0.811. The fraction of sp³-hybridized carbons (Fsp3) is 0.217. The molecular weight excluding hydrogens is 354 g/mol. The quantitative estimate of drug-likeness (QED) is 0.652. The van der Waals surface area contributed by atoms with Crippen LogP contribution in [0.25, 0.3) is 10.8 Å². The van der Waals surface area contributed by atoms with E-state index < -0.39 is 18.0 Å². The van der Waals surface area contributed by atoms with E-state index in [9.17, 15) is 9.59 Å². The van der Waals surface area contributed by atoms with Gasteiger partial charge in [0.25, 0.3) is 5.91 Å². The highest BCUT2D eigenvalue weighted by atomic mass is 16.5. The van der Waals surface area contributed by atoms with E-state index in [4.69, 9.17) is 9.47 Å². The number of carbonyl (C=O) groups excluding carboxylic acids is 2. The van der Waals surface area contributed by atoms with Crippen LogP contribution in [-0.4, -0.2) is 25.1 Å². The molecule has 0 aliphatic rings. The van der Waals surface area contributed by atoms with Crippen molar-refractivity contribution in [1.82, 2.24) is 0 Å². The summed E-state index contributed by atoms with van der Waals surface area (Å²) < 4.78 is 10.6. The molecule has 5 heteroatoms.